The number of ether oxygens (including phenoxy) is 2. The van der Waals surface area contributed by atoms with E-state index in [2.05, 4.69) is 0 Å². The van der Waals surface area contributed by atoms with Crippen molar-refractivity contribution in [2.75, 3.05) is 13.3 Å². The van der Waals surface area contributed by atoms with E-state index in [1.54, 1.807) is 0 Å². The zero-order chi connectivity index (χ0) is 11.7. The van der Waals surface area contributed by atoms with E-state index in [9.17, 15) is 9.50 Å². The van der Waals surface area contributed by atoms with Gasteiger partial charge in [-0.2, -0.15) is 0 Å². The molecule has 1 atom stereocenters. The highest BCUT2D eigenvalue weighted by Gasteiger charge is 2.27. The molecule has 0 fully saturated rings. The Hall–Kier alpha value is -1.49. The number of fused-ring (bicyclic) bond motifs is 1. The van der Waals surface area contributed by atoms with Crippen molar-refractivity contribution in [2.45, 2.75) is 19.3 Å². The Bertz CT molecular complexity index is 409. The van der Waals surface area contributed by atoms with Crippen LogP contribution in [0.2, 0.25) is 0 Å². The lowest BCUT2D eigenvalue weighted by atomic mass is 9.95. The average molecular weight is 227 g/mol. The number of hydrogen-bond donors (Lipinski definition) is 2. The van der Waals surface area contributed by atoms with E-state index < -0.39 is 5.82 Å². The van der Waals surface area contributed by atoms with E-state index in [0.717, 1.165) is 6.07 Å². The van der Waals surface area contributed by atoms with Crippen LogP contribution in [0.25, 0.3) is 0 Å². The van der Waals surface area contributed by atoms with Crippen LogP contribution in [0.1, 0.15) is 24.8 Å². The van der Waals surface area contributed by atoms with Crippen LogP contribution in [0, 0.1) is 5.82 Å². The molecule has 1 aromatic carbocycles. The molecular weight excluding hydrogens is 213 g/mol. The molecule has 1 unspecified atom stereocenters. The van der Waals surface area contributed by atoms with Gasteiger partial charge >= 0.3 is 0 Å². The number of phenolic OH excluding ortho intramolecular Hbond substituents is 1. The van der Waals surface area contributed by atoms with Gasteiger partial charge < -0.3 is 20.3 Å². The molecule has 3 N–H and O–H groups in total. The second-order valence-electron chi connectivity index (χ2n) is 3.83. The third kappa shape index (κ3) is 1.67. The van der Waals surface area contributed by atoms with Crippen molar-refractivity contribution in [3.8, 4) is 17.2 Å². The topological polar surface area (TPSA) is 64.7 Å². The van der Waals surface area contributed by atoms with Gasteiger partial charge in [-0.25, -0.2) is 4.39 Å². The molecule has 2 rings (SSSR count). The molecule has 0 radical (unpaired) electrons. The maximum Gasteiger partial charge on any atom is 0.231 e. The summed E-state index contributed by atoms with van der Waals surface area (Å²) in [6.45, 7) is 2.39. The fraction of sp³-hybridized carbons (Fsp3) is 0.455. The molecule has 0 spiro atoms. The highest BCUT2D eigenvalue weighted by atomic mass is 19.1. The Morgan fingerprint density at radius 3 is 3.00 bits per heavy atom. The average Bonchev–Trinajstić information content (AvgIpc) is 2.67. The first-order chi connectivity index (χ1) is 7.65. The zero-order valence-electron chi connectivity index (χ0n) is 9.00. The molecule has 88 valence electrons. The first kappa shape index (κ1) is 11.0. The van der Waals surface area contributed by atoms with Crippen LogP contribution in [-0.2, 0) is 0 Å². The molecule has 0 bridgehead atoms. The lowest BCUT2D eigenvalue weighted by molar-refractivity contribution is 0.172. The first-order valence-electron chi connectivity index (χ1n) is 5.16. The third-order valence-electron chi connectivity index (χ3n) is 2.72. The summed E-state index contributed by atoms with van der Waals surface area (Å²) in [4.78, 5) is 0. The molecule has 0 amide bonds. The molecule has 0 aromatic heterocycles. The standard InChI is InChI=1S/C11H14FNO3/c1-6(2-3-13)9-10(14)7(12)4-8-11(9)16-5-15-8/h4,6,14H,2-3,5,13H2,1H3. The number of benzene rings is 1. The highest BCUT2D eigenvalue weighted by Crippen LogP contribution is 2.46. The highest BCUT2D eigenvalue weighted by molar-refractivity contribution is 5.56. The van der Waals surface area contributed by atoms with Gasteiger partial charge in [-0.15, -0.1) is 0 Å². The van der Waals surface area contributed by atoms with Crippen LogP contribution in [0.5, 0.6) is 17.2 Å². The number of phenols is 1. The van der Waals surface area contributed by atoms with Gasteiger partial charge in [0.1, 0.15) is 0 Å². The molecule has 0 aliphatic carbocycles. The fourth-order valence-electron chi connectivity index (χ4n) is 1.88. The van der Waals surface area contributed by atoms with Crippen LogP contribution in [0.4, 0.5) is 4.39 Å². The van der Waals surface area contributed by atoms with Gasteiger partial charge in [0.2, 0.25) is 6.79 Å². The normalized spacial score (nSPS) is 15.2. The number of aromatic hydroxyl groups is 1. The molecule has 5 heteroatoms. The Morgan fingerprint density at radius 2 is 2.31 bits per heavy atom. The van der Waals surface area contributed by atoms with Gasteiger partial charge in [0.15, 0.2) is 23.1 Å². The number of nitrogens with two attached hydrogens (primary N) is 1. The van der Waals surface area contributed by atoms with Gasteiger partial charge in [-0.3, -0.25) is 0 Å². The van der Waals surface area contributed by atoms with Gasteiger partial charge in [0.25, 0.3) is 0 Å². The molecule has 1 aliphatic heterocycles. The maximum absolute atomic E-state index is 13.4. The fourth-order valence-corrected chi connectivity index (χ4v) is 1.88. The number of halogens is 1. The van der Waals surface area contributed by atoms with Crippen molar-refractivity contribution in [2.24, 2.45) is 5.73 Å². The lowest BCUT2D eigenvalue weighted by Gasteiger charge is -2.15. The van der Waals surface area contributed by atoms with Crippen LogP contribution in [-0.4, -0.2) is 18.4 Å². The summed E-state index contributed by atoms with van der Waals surface area (Å²) in [6.07, 6.45) is 0.646. The molecule has 1 aliphatic rings. The second kappa shape index (κ2) is 4.17. The summed E-state index contributed by atoms with van der Waals surface area (Å²) in [7, 11) is 0. The summed E-state index contributed by atoms with van der Waals surface area (Å²) in [6, 6.07) is 1.14. The van der Waals surface area contributed by atoms with Crippen molar-refractivity contribution in [3.63, 3.8) is 0 Å². The van der Waals surface area contributed by atoms with Gasteiger partial charge in [0, 0.05) is 11.6 Å². The predicted molar refractivity (Wildman–Crippen MR) is 56.3 cm³/mol. The van der Waals surface area contributed by atoms with E-state index in [-0.39, 0.29) is 18.5 Å². The Balaban J connectivity index is 2.49. The maximum atomic E-state index is 13.4. The van der Waals surface area contributed by atoms with E-state index >= 15 is 0 Å². The molecule has 16 heavy (non-hydrogen) atoms. The molecule has 0 saturated heterocycles. The second-order valence-corrected chi connectivity index (χ2v) is 3.83. The largest absolute Gasteiger partial charge is 0.505 e. The van der Waals surface area contributed by atoms with Gasteiger partial charge in [-0.1, -0.05) is 6.92 Å². The Kier molecular flexibility index (Phi) is 2.87. The smallest absolute Gasteiger partial charge is 0.231 e. The third-order valence-corrected chi connectivity index (χ3v) is 2.72. The van der Waals surface area contributed by atoms with Crippen LogP contribution in [0.15, 0.2) is 6.07 Å². The molecule has 1 aromatic rings. The number of rotatable bonds is 3. The lowest BCUT2D eigenvalue weighted by Crippen LogP contribution is -2.06. The Morgan fingerprint density at radius 1 is 1.56 bits per heavy atom. The van der Waals surface area contributed by atoms with Crippen LogP contribution < -0.4 is 15.2 Å². The van der Waals surface area contributed by atoms with Crippen molar-refractivity contribution in [3.05, 3.63) is 17.4 Å². The van der Waals surface area contributed by atoms with E-state index in [0.29, 0.717) is 30.0 Å². The minimum atomic E-state index is -0.692. The van der Waals surface area contributed by atoms with Crippen LogP contribution in [0.3, 0.4) is 0 Å². The molecule has 0 saturated carbocycles. The van der Waals surface area contributed by atoms with Crippen molar-refractivity contribution in [1.29, 1.82) is 0 Å². The van der Waals surface area contributed by atoms with Crippen molar-refractivity contribution < 1.29 is 19.0 Å². The Labute approximate surface area is 92.8 Å². The van der Waals surface area contributed by atoms with Gasteiger partial charge in [-0.05, 0) is 18.9 Å². The summed E-state index contributed by atoms with van der Waals surface area (Å²) < 4.78 is 23.8. The summed E-state index contributed by atoms with van der Waals surface area (Å²) >= 11 is 0. The van der Waals surface area contributed by atoms with Gasteiger partial charge in [0.05, 0.1) is 0 Å². The van der Waals surface area contributed by atoms with E-state index in [1.807, 2.05) is 6.92 Å². The first-order valence-corrected chi connectivity index (χ1v) is 5.16. The monoisotopic (exact) mass is 227 g/mol. The summed E-state index contributed by atoms with van der Waals surface area (Å²) in [5.74, 6) is -0.363. The van der Waals surface area contributed by atoms with E-state index in [4.69, 9.17) is 15.2 Å². The molecule has 1 heterocycles. The van der Waals surface area contributed by atoms with Crippen molar-refractivity contribution in [1.82, 2.24) is 0 Å². The molecule has 4 nitrogen and oxygen atoms in total. The quantitative estimate of drug-likeness (QED) is 0.825. The van der Waals surface area contributed by atoms with E-state index in [1.165, 1.54) is 0 Å². The minimum absolute atomic E-state index is 0.0561. The van der Waals surface area contributed by atoms with Crippen molar-refractivity contribution >= 4 is 0 Å². The predicted octanol–water partition coefficient (Wildman–Crippen LogP) is 1.71. The summed E-state index contributed by atoms with van der Waals surface area (Å²) in [5, 5.41) is 9.71. The summed E-state index contributed by atoms with van der Waals surface area (Å²) in [5.41, 5.74) is 5.90. The SMILES string of the molecule is CC(CCN)c1c(O)c(F)cc2c1OCO2. The molecular formula is C11H14FNO3. The number of hydrogen-bond acceptors (Lipinski definition) is 4. The zero-order valence-corrected chi connectivity index (χ0v) is 9.00. The van der Waals surface area contributed by atoms with Crippen LogP contribution >= 0.6 is 0 Å². The minimum Gasteiger partial charge on any atom is -0.505 e.